The molecule has 2 rings (SSSR count). The molecular weight excluding hydrogens is 224 g/mol. The van der Waals surface area contributed by atoms with Gasteiger partial charge in [-0.15, -0.1) is 0 Å². The summed E-state index contributed by atoms with van der Waals surface area (Å²) in [6, 6.07) is 8.16. The lowest BCUT2D eigenvalue weighted by atomic mass is 9.99. The highest BCUT2D eigenvalue weighted by Gasteiger charge is 2.25. The van der Waals surface area contributed by atoms with Gasteiger partial charge >= 0.3 is 0 Å². The Balaban J connectivity index is 2.13. The maximum Gasteiger partial charge on any atom is 0.254 e. The van der Waals surface area contributed by atoms with Gasteiger partial charge in [0, 0.05) is 30.9 Å². The van der Waals surface area contributed by atoms with E-state index in [9.17, 15) is 4.79 Å². The Hall–Kier alpha value is -1.51. The van der Waals surface area contributed by atoms with Gasteiger partial charge in [-0.3, -0.25) is 4.79 Å². The van der Waals surface area contributed by atoms with Gasteiger partial charge in [-0.05, 0) is 49.9 Å². The van der Waals surface area contributed by atoms with Crippen molar-refractivity contribution in [1.82, 2.24) is 4.90 Å². The van der Waals surface area contributed by atoms with E-state index in [0.29, 0.717) is 6.04 Å². The first kappa shape index (κ1) is 12.9. The molecule has 1 fully saturated rings. The minimum atomic E-state index is 0.184. The second-order valence-electron chi connectivity index (χ2n) is 4.88. The van der Waals surface area contributed by atoms with E-state index in [0.717, 1.165) is 37.1 Å². The maximum atomic E-state index is 12.5. The number of hydrogen-bond acceptors (Lipinski definition) is 2. The predicted molar refractivity (Wildman–Crippen MR) is 75.0 cm³/mol. The SMILES string of the molecule is CCC1CCCCN1C(=O)c1ccc(NC)cc1. The van der Waals surface area contributed by atoms with E-state index < -0.39 is 0 Å². The van der Waals surface area contributed by atoms with Crippen molar-refractivity contribution in [2.24, 2.45) is 0 Å². The molecule has 0 spiro atoms. The molecule has 0 saturated carbocycles. The first-order chi connectivity index (χ1) is 8.76. The highest BCUT2D eigenvalue weighted by atomic mass is 16.2. The Morgan fingerprint density at radius 3 is 2.67 bits per heavy atom. The number of hydrogen-bond donors (Lipinski definition) is 1. The van der Waals surface area contributed by atoms with E-state index in [4.69, 9.17) is 0 Å². The van der Waals surface area contributed by atoms with Crippen LogP contribution in [0.2, 0.25) is 0 Å². The first-order valence-corrected chi connectivity index (χ1v) is 6.85. The van der Waals surface area contributed by atoms with Crippen molar-refractivity contribution in [3.05, 3.63) is 29.8 Å². The van der Waals surface area contributed by atoms with Crippen LogP contribution in [0.3, 0.4) is 0 Å². The zero-order chi connectivity index (χ0) is 13.0. The number of carbonyl (C=O) groups excluding carboxylic acids is 1. The van der Waals surface area contributed by atoms with Gasteiger partial charge in [-0.1, -0.05) is 6.92 Å². The number of nitrogens with one attached hydrogen (secondary N) is 1. The molecule has 1 amide bonds. The van der Waals surface area contributed by atoms with Crippen molar-refractivity contribution >= 4 is 11.6 Å². The van der Waals surface area contributed by atoms with E-state index in [2.05, 4.69) is 17.1 Å². The summed E-state index contributed by atoms with van der Waals surface area (Å²) in [7, 11) is 1.88. The Morgan fingerprint density at radius 1 is 1.33 bits per heavy atom. The zero-order valence-electron chi connectivity index (χ0n) is 11.3. The van der Waals surface area contributed by atoms with Crippen LogP contribution in [0.5, 0.6) is 0 Å². The largest absolute Gasteiger partial charge is 0.388 e. The van der Waals surface area contributed by atoms with Crippen molar-refractivity contribution in [2.75, 3.05) is 18.9 Å². The van der Waals surface area contributed by atoms with Gasteiger partial charge in [0.2, 0.25) is 0 Å². The molecule has 1 N–H and O–H groups in total. The van der Waals surface area contributed by atoms with Crippen molar-refractivity contribution in [2.45, 2.75) is 38.6 Å². The van der Waals surface area contributed by atoms with E-state index in [1.807, 2.05) is 31.3 Å². The molecule has 3 heteroatoms. The number of benzene rings is 1. The maximum absolute atomic E-state index is 12.5. The molecule has 0 radical (unpaired) electrons. The fourth-order valence-corrected chi connectivity index (χ4v) is 2.64. The van der Waals surface area contributed by atoms with Crippen LogP contribution in [-0.2, 0) is 0 Å². The third kappa shape index (κ3) is 2.66. The fourth-order valence-electron chi connectivity index (χ4n) is 2.64. The van der Waals surface area contributed by atoms with Crippen LogP contribution in [0.4, 0.5) is 5.69 Å². The van der Waals surface area contributed by atoms with Crippen molar-refractivity contribution in [3.63, 3.8) is 0 Å². The molecule has 1 aliphatic rings. The molecular formula is C15H22N2O. The molecule has 1 heterocycles. The van der Waals surface area contributed by atoms with Gasteiger partial charge in [-0.2, -0.15) is 0 Å². The van der Waals surface area contributed by atoms with Crippen molar-refractivity contribution in [3.8, 4) is 0 Å². The molecule has 1 aromatic rings. The van der Waals surface area contributed by atoms with E-state index in [-0.39, 0.29) is 5.91 Å². The normalized spacial score (nSPS) is 19.7. The van der Waals surface area contributed by atoms with Crippen LogP contribution in [0.1, 0.15) is 43.0 Å². The number of nitrogens with zero attached hydrogens (tertiary/aromatic N) is 1. The highest BCUT2D eigenvalue weighted by molar-refractivity contribution is 5.94. The molecule has 98 valence electrons. The van der Waals surface area contributed by atoms with Crippen LogP contribution in [0, 0.1) is 0 Å². The summed E-state index contributed by atoms with van der Waals surface area (Å²) in [5, 5.41) is 3.07. The molecule has 1 unspecified atom stereocenters. The Bertz CT molecular complexity index is 399. The minimum Gasteiger partial charge on any atom is -0.388 e. The Labute approximate surface area is 109 Å². The summed E-state index contributed by atoms with van der Waals surface area (Å²) in [5.41, 5.74) is 1.84. The number of amides is 1. The third-order valence-electron chi connectivity index (χ3n) is 3.78. The molecule has 1 aliphatic heterocycles. The van der Waals surface area contributed by atoms with Crippen LogP contribution in [0.25, 0.3) is 0 Å². The average Bonchev–Trinajstić information content (AvgIpc) is 2.46. The van der Waals surface area contributed by atoms with Gasteiger partial charge < -0.3 is 10.2 Å². The molecule has 1 atom stereocenters. The summed E-state index contributed by atoms with van der Waals surface area (Å²) in [6.07, 6.45) is 4.59. The number of rotatable bonds is 3. The minimum absolute atomic E-state index is 0.184. The molecule has 0 bridgehead atoms. The first-order valence-electron chi connectivity index (χ1n) is 6.85. The van der Waals surface area contributed by atoms with Crippen LogP contribution in [-0.4, -0.2) is 30.4 Å². The number of carbonyl (C=O) groups is 1. The van der Waals surface area contributed by atoms with E-state index in [1.54, 1.807) is 0 Å². The molecule has 1 saturated heterocycles. The highest BCUT2D eigenvalue weighted by Crippen LogP contribution is 2.22. The average molecular weight is 246 g/mol. The van der Waals surface area contributed by atoms with Crippen molar-refractivity contribution < 1.29 is 4.79 Å². The quantitative estimate of drug-likeness (QED) is 0.888. The zero-order valence-corrected chi connectivity index (χ0v) is 11.3. The van der Waals surface area contributed by atoms with Crippen LogP contribution < -0.4 is 5.32 Å². The molecule has 1 aromatic carbocycles. The second-order valence-corrected chi connectivity index (χ2v) is 4.88. The lowest BCUT2D eigenvalue weighted by molar-refractivity contribution is 0.0608. The van der Waals surface area contributed by atoms with Gasteiger partial charge in [0.25, 0.3) is 5.91 Å². The fraction of sp³-hybridized carbons (Fsp3) is 0.533. The third-order valence-corrected chi connectivity index (χ3v) is 3.78. The summed E-state index contributed by atoms with van der Waals surface area (Å²) in [6.45, 7) is 3.07. The van der Waals surface area contributed by atoms with Crippen LogP contribution in [0.15, 0.2) is 24.3 Å². The predicted octanol–water partition coefficient (Wildman–Crippen LogP) is 3.13. The molecule has 0 aliphatic carbocycles. The Kier molecular flexibility index (Phi) is 4.24. The van der Waals surface area contributed by atoms with Gasteiger partial charge in [0.1, 0.15) is 0 Å². The molecule has 0 aromatic heterocycles. The summed E-state index contributed by atoms with van der Waals surface area (Å²) < 4.78 is 0. The van der Waals surface area contributed by atoms with E-state index >= 15 is 0 Å². The van der Waals surface area contributed by atoms with Crippen LogP contribution >= 0.6 is 0 Å². The van der Waals surface area contributed by atoms with Gasteiger partial charge in [-0.25, -0.2) is 0 Å². The Morgan fingerprint density at radius 2 is 2.06 bits per heavy atom. The standard InChI is InChI=1S/C15H22N2O/c1-3-14-6-4-5-11-17(14)15(18)12-7-9-13(16-2)10-8-12/h7-10,14,16H,3-6,11H2,1-2H3. The smallest absolute Gasteiger partial charge is 0.254 e. The number of piperidine rings is 1. The second kappa shape index (κ2) is 5.89. The van der Waals surface area contributed by atoms with E-state index in [1.165, 1.54) is 6.42 Å². The summed E-state index contributed by atoms with van der Waals surface area (Å²) in [4.78, 5) is 14.5. The summed E-state index contributed by atoms with van der Waals surface area (Å²) in [5.74, 6) is 0.184. The lowest BCUT2D eigenvalue weighted by Crippen LogP contribution is -2.43. The topological polar surface area (TPSA) is 32.3 Å². The number of likely N-dealkylation sites (tertiary alicyclic amines) is 1. The monoisotopic (exact) mass is 246 g/mol. The molecule has 3 nitrogen and oxygen atoms in total. The van der Waals surface area contributed by atoms with Crippen molar-refractivity contribution in [1.29, 1.82) is 0 Å². The number of anilines is 1. The van der Waals surface area contributed by atoms with Gasteiger partial charge in [0.05, 0.1) is 0 Å². The molecule has 18 heavy (non-hydrogen) atoms. The lowest BCUT2D eigenvalue weighted by Gasteiger charge is -2.35. The summed E-state index contributed by atoms with van der Waals surface area (Å²) >= 11 is 0. The van der Waals surface area contributed by atoms with Gasteiger partial charge in [0.15, 0.2) is 0 Å².